The van der Waals surface area contributed by atoms with Crippen LogP contribution < -0.4 is 5.32 Å². The second-order valence-electron chi connectivity index (χ2n) is 3.89. The number of halogens is 4. The van der Waals surface area contributed by atoms with Gasteiger partial charge in [0.05, 0.1) is 6.54 Å². The predicted molar refractivity (Wildman–Crippen MR) is 68.0 cm³/mol. The second kappa shape index (κ2) is 6.69. The van der Waals surface area contributed by atoms with E-state index < -0.39 is 31.1 Å². The van der Waals surface area contributed by atoms with Crippen molar-refractivity contribution in [3.05, 3.63) is 28.5 Å². The SMILES string of the molecule is CN(CC(=O)NCC(F)(F)F)C(=O)c1ncccc1Br. The molecule has 5 nitrogen and oxygen atoms in total. The number of hydrogen-bond donors (Lipinski definition) is 1. The molecule has 0 aromatic carbocycles. The first kappa shape index (κ1) is 16.4. The molecule has 1 N–H and O–H groups in total. The van der Waals surface area contributed by atoms with Gasteiger partial charge >= 0.3 is 6.18 Å². The van der Waals surface area contributed by atoms with Crippen LogP contribution in [-0.4, -0.2) is 48.0 Å². The second-order valence-corrected chi connectivity index (χ2v) is 4.74. The summed E-state index contributed by atoms with van der Waals surface area (Å²) < 4.78 is 36.2. The molecule has 0 spiro atoms. The molecule has 0 unspecified atom stereocenters. The molecule has 0 aliphatic rings. The number of carbonyl (C=O) groups excluding carboxylic acids is 2. The number of amides is 2. The fourth-order valence-corrected chi connectivity index (χ4v) is 1.69. The highest BCUT2D eigenvalue weighted by atomic mass is 79.9. The van der Waals surface area contributed by atoms with E-state index in [0.29, 0.717) is 4.47 Å². The maximum atomic E-state index is 11.9. The fraction of sp³-hybridized carbons (Fsp3) is 0.364. The lowest BCUT2D eigenvalue weighted by molar-refractivity contribution is -0.138. The van der Waals surface area contributed by atoms with Gasteiger partial charge in [-0.1, -0.05) is 0 Å². The van der Waals surface area contributed by atoms with Gasteiger partial charge in [0.15, 0.2) is 0 Å². The quantitative estimate of drug-likeness (QED) is 0.894. The normalized spacial score (nSPS) is 11.1. The van der Waals surface area contributed by atoms with Crippen LogP contribution in [0.15, 0.2) is 22.8 Å². The summed E-state index contributed by atoms with van der Waals surface area (Å²) in [6.45, 7) is -1.92. The summed E-state index contributed by atoms with van der Waals surface area (Å²) in [5, 5.41) is 1.68. The molecule has 0 radical (unpaired) electrons. The molecule has 0 aliphatic heterocycles. The Morgan fingerprint density at radius 2 is 2.10 bits per heavy atom. The predicted octanol–water partition coefficient (Wildman–Crippen LogP) is 1.59. The Labute approximate surface area is 121 Å². The maximum absolute atomic E-state index is 11.9. The first-order valence-corrected chi connectivity index (χ1v) is 6.19. The number of hydrogen-bond acceptors (Lipinski definition) is 3. The number of aromatic nitrogens is 1. The Kier molecular flexibility index (Phi) is 5.49. The van der Waals surface area contributed by atoms with Crippen molar-refractivity contribution in [3.63, 3.8) is 0 Å². The highest BCUT2D eigenvalue weighted by Crippen LogP contribution is 2.15. The van der Waals surface area contributed by atoms with Gasteiger partial charge in [-0.05, 0) is 28.1 Å². The molecule has 0 saturated heterocycles. The van der Waals surface area contributed by atoms with Crippen LogP contribution in [0.3, 0.4) is 0 Å². The van der Waals surface area contributed by atoms with Gasteiger partial charge in [0, 0.05) is 17.7 Å². The minimum Gasteiger partial charge on any atom is -0.345 e. The summed E-state index contributed by atoms with van der Waals surface area (Å²) in [7, 11) is 1.30. The molecule has 1 aromatic heterocycles. The molecule has 0 aliphatic carbocycles. The largest absolute Gasteiger partial charge is 0.405 e. The van der Waals surface area contributed by atoms with Crippen molar-refractivity contribution in [3.8, 4) is 0 Å². The van der Waals surface area contributed by atoms with Gasteiger partial charge in [-0.3, -0.25) is 9.59 Å². The number of nitrogens with zero attached hydrogens (tertiary/aromatic N) is 2. The van der Waals surface area contributed by atoms with Gasteiger partial charge in [-0.2, -0.15) is 13.2 Å². The Balaban J connectivity index is 2.59. The zero-order valence-corrected chi connectivity index (χ0v) is 12.0. The van der Waals surface area contributed by atoms with Gasteiger partial charge in [0.1, 0.15) is 12.2 Å². The summed E-state index contributed by atoms with van der Waals surface area (Å²) in [5.41, 5.74) is 0.0821. The number of rotatable bonds is 4. The average Bonchev–Trinajstić information content (AvgIpc) is 2.35. The van der Waals surface area contributed by atoms with E-state index in [4.69, 9.17) is 0 Å². The topological polar surface area (TPSA) is 62.3 Å². The van der Waals surface area contributed by atoms with Crippen molar-refractivity contribution in [2.24, 2.45) is 0 Å². The Bertz CT molecular complexity index is 508. The van der Waals surface area contributed by atoms with Crippen molar-refractivity contribution in [1.82, 2.24) is 15.2 Å². The lowest BCUT2D eigenvalue weighted by Gasteiger charge is -2.17. The summed E-state index contributed by atoms with van der Waals surface area (Å²) in [6, 6.07) is 3.20. The average molecular weight is 354 g/mol. The summed E-state index contributed by atoms with van der Waals surface area (Å²) >= 11 is 3.13. The first-order chi connectivity index (χ1) is 9.20. The van der Waals surface area contributed by atoms with Crippen LogP contribution in [0.1, 0.15) is 10.5 Å². The van der Waals surface area contributed by atoms with Crippen LogP contribution in [-0.2, 0) is 4.79 Å². The van der Waals surface area contributed by atoms with Gasteiger partial charge < -0.3 is 10.2 Å². The van der Waals surface area contributed by atoms with E-state index in [1.165, 1.54) is 13.2 Å². The molecule has 20 heavy (non-hydrogen) atoms. The fourth-order valence-electron chi connectivity index (χ4n) is 1.27. The van der Waals surface area contributed by atoms with E-state index in [1.54, 1.807) is 17.4 Å². The Hall–Kier alpha value is -1.64. The van der Waals surface area contributed by atoms with Crippen LogP contribution in [0.25, 0.3) is 0 Å². The molecule has 0 bridgehead atoms. The molecule has 1 aromatic rings. The number of pyridine rings is 1. The van der Waals surface area contributed by atoms with Gasteiger partial charge in [0.25, 0.3) is 5.91 Å². The summed E-state index contributed by atoms with van der Waals surface area (Å²) in [5.74, 6) is -1.47. The van der Waals surface area contributed by atoms with E-state index in [-0.39, 0.29) is 5.69 Å². The molecule has 0 atom stereocenters. The molecular weight excluding hydrogens is 343 g/mol. The van der Waals surface area contributed by atoms with E-state index in [1.807, 2.05) is 0 Å². The van der Waals surface area contributed by atoms with E-state index in [0.717, 1.165) is 4.90 Å². The van der Waals surface area contributed by atoms with Crippen molar-refractivity contribution < 1.29 is 22.8 Å². The van der Waals surface area contributed by atoms with Crippen LogP contribution in [0.2, 0.25) is 0 Å². The maximum Gasteiger partial charge on any atom is 0.405 e. The summed E-state index contributed by atoms with van der Waals surface area (Å²) in [4.78, 5) is 28.0. The minimum absolute atomic E-state index is 0.0821. The lowest BCUT2D eigenvalue weighted by atomic mass is 10.3. The van der Waals surface area contributed by atoms with Crippen LogP contribution in [0, 0.1) is 0 Å². The Morgan fingerprint density at radius 3 is 2.65 bits per heavy atom. The van der Waals surface area contributed by atoms with Gasteiger partial charge in [0.2, 0.25) is 5.91 Å². The molecule has 0 fully saturated rings. The van der Waals surface area contributed by atoms with Gasteiger partial charge in [-0.15, -0.1) is 0 Å². The van der Waals surface area contributed by atoms with Crippen LogP contribution >= 0.6 is 15.9 Å². The van der Waals surface area contributed by atoms with Gasteiger partial charge in [-0.25, -0.2) is 4.98 Å². The monoisotopic (exact) mass is 353 g/mol. The molecule has 9 heteroatoms. The van der Waals surface area contributed by atoms with Crippen LogP contribution in [0.5, 0.6) is 0 Å². The van der Waals surface area contributed by atoms with Crippen molar-refractivity contribution in [2.75, 3.05) is 20.1 Å². The van der Waals surface area contributed by atoms with Crippen molar-refractivity contribution in [2.45, 2.75) is 6.18 Å². The highest BCUT2D eigenvalue weighted by molar-refractivity contribution is 9.10. The van der Waals surface area contributed by atoms with Crippen LogP contribution in [0.4, 0.5) is 13.2 Å². The third-order valence-electron chi connectivity index (χ3n) is 2.17. The lowest BCUT2D eigenvalue weighted by Crippen LogP contribution is -2.42. The number of carbonyl (C=O) groups is 2. The molecule has 1 heterocycles. The molecule has 2 amide bonds. The van der Waals surface area contributed by atoms with Crippen molar-refractivity contribution in [1.29, 1.82) is 0 Å². The van der Waals surface area contributed by atoms with E-state index >= 15 is 0 Å². The van der Waals surface area contributed by atoms with E-state index in [9.17, 15) is 22.8 Å². The number of alkyl halides is 3. The molecular formula is C11H11BrF3N3O2. The standard InChI is InChI=1S/C11H11BrF3N3O2/c1-18(5-8(19)17-6-11(13,14)15)10(20)9-7(12)3-2-4-16-9/h2-4H,5-6H2,1H3,(H,17,19). The van der Waals surface area contributed by atoms with Crippen molar-refractivity contribution >= 4 is 27.7 Å². The molecule has 110 valence electrons. The third kappa shape index (κ3) is 5.16. The number of likely N-dealkylation sites (N-methyl/N-ethyl adjacent to an activating group) is 1. The molecule has 0 saturated carbocycles. The smallest absolute Gasteiger partial charge is 0.345 e. The zero-order chi connectivity index (χ0) is 15.3. The Morgan fingerprint density at radius 1 is 1.45 bits per heavy atom. The first-order valence-electron chi connectivity index (χ1n) is 5.40. The highest BCUT2D eigenvalue weighted by Gasteiger charge is 2.28. The molecule has 1 rings (SSSR count). The van der Waals surface area contributed by atoms with E-state index in [2.05, 4.69) is 20.9 Å². The number of nitrogens with one attached hydrogen (secondary N) is 1. The summed E-state index contributed by atoms with van der Waals surface area (Å²) in [6.07, 6.45) is -3.09. The minimum atomic E-state index is -4.48. The third-order valence-corrected chi connectivity index (χ3v) is 2.81. The zero-order valence-electron chi connectivity index (χ0n) is 10.4.